The monoisotopic (exact) mass is 200 g/mol. The molecule has 13 heavy (non-hydrogen) atoms. The van der Waals surface area contributed by atoms with E-state index in [-0.39, 0.29) is 0 Å². The van der Waals surface area contributed by atoms with Gasteiger partial charge >= 0.3 is 12.1 Å². The minimum Gasteiger partial charge on any atom is -0.481 e. The highest BCUT2D eigenvalue weighted by Crippen LogP contribution is 2.19. The van der Waals surface area contributed by atoms with Crippen molar-refractivity contribution in [3.63, 3.8) is 0 Å². The fourth-order valence-electron chi connectivity index (χ4n) is 0.484. The Balaban J connectivity index is 3.84. The van der Waals surface area contributed by atoms with Gasteiger partial charge in [0.2, 0.25) is 0 Å². The van der Waals surface area contributed by atoms with E-state index in [0.29, 0.717) is 0 Å². The number of aliphatic carboxylic acids is 1. The van der Waals surface area contributed by atoms with E-state index in [1.54, 1.807) is 0 Å². The summed E-state index contributed by atoms with van der Waals surface area (Å²) in [6.07, 6.45) is -4.41. The van der Waals surface area contributed by atoms with Crippen LogP contribution < -0.4 is 0 Å². The lowest BCUT2D eigenvalue weighted by molar-refractivity contribution is -0.184. The summed E-state index contributed by atoms with van der Waals surface area (Å²) < 4.78 is 38.9. The Hall–Kier alpha value is -0.780. The number of alkyl halides is 3. The molecule has 0 amide bonds. The van der Waals surface area contributed by atoms with E-state index in [1.165, 1.54) is 13.8 Å². The molecule has 0 aromatic rings. The molecule has 0 aromatic carbocycles. The molecule has 0 heterocycles. The fraction of sp³-hybridized carbons (Fsp3) is 0.857. The topological polar surface area (TPSA) is 46.5 Å². The maximum Gasteiger partial charge on any atom is 0.411 e. The van der Waals surface area contributed by atoms with E-state index in [4.69, 9.17) is 5.11 Å². The van der Waals surface area contributed by atoms with E-state index in [2.05, 4.69) is 4.74 Å². The van der Waals surface area contributed by atoms with Gasteiger partial charge in [0.25, 0.3) is 0 Å². The highest BCUT2D eigenvalue weighted by Gasteiger charge is 2.32. The zero-order chi connectivity index (χ0) is 10.7. The van der Waals surface area contributed by atoms with Gasteiger partial charge in [-0.05, 0) is 13.8 Å². The van der Waals surface area contributed by atoms with Gasteiger partial charge in [0.15, 0.2) is 0 Å². The molecule has 0 aromatic heterocycles. The second kappa shape index (κ2) is 3.95. The Morgan fingerprint density at radius 3 is 2.08 bits per heavy atom. The van der Waals surface area contributed by atoms with Crippen molar-refractivity contribution in [2.75, 3.05) is 13.2 Å². The predicted molar refractivity (Wildman–Crippen MR) is 38.3 cm³/mol. The molecular formula is C7H11F3O3. The van der Waals surface area contributed by atoms with E-state index in [1.807, 2.05) is 0 Å². The normalized spacial score (nSPS) is 13.0. The summed E-state index contributed by atoms with van der Waals surface area (Å²) in [5.74, 6) is -1.19. The molecule has 0 rings (SSSR count). The number of rotatable bonds is 4. The smallest absolute Gasteiger partial charge is 0.411 e. The van der Waals surface area contributed by atoms with Gasteiger partial charge in [-0.2, -0.15) is 13.2 Å². The summed E-state index contributed by atoms with van der Waals surface area (Å²) in [4.78, 5) is 10.4. The third kappa shape index (κ3) is 5.46. The number of ether oxygens (including phenoxy) is 1. The Morgan fingerprint density at radius 2 is 1.77 bits per heavy atom. The number of hydrogen-bond donors (Lipinski definition) is 1. The molecule has 0 spiro atoms. The molecule has 0 aliphatic rings. The molecule has 78 valence electrons. The molecule has 0 saturated heterocycles. The minimum absolute atomic E-state index is 0.457. The van der Waals surface area contributed by atoms with Crippen LogP contribution in [0.3, 0.4) is 0 Å². The van der Waals surface area contributed by atoms with Crippen molar-refractivity contribution in [1.82, 2.24) is 0 Å². The predicted octanol–water partition coefficient (Wildman–Crippen LogP) is 1.68. The summed E-state index contributed by atoms with van der Waals surface area (Å²) in [6, 6.07) is 0. The van der Waals surface area contributed by atoms with Crippen molar-refractivity contribution in [3.8, 4) is 0 Å². The van der Waals surface area contributed by atoms with Crippen LogP contribution in [0.2, 0.25) is 0 Å². The minimum atomic E-state index is -4.41. The van der Waals surface area contributed by atoms with E-state index in [9.17, 15) is 18.0 Å². The number of carbonyl (C=O) groups is 1. The molecule has 6 heteroatoms. The lowest BCUT2D eigenvalue weighted by Gasteiger charge is -2.19. The lowest BCUT2D eigenvalue weighted by Crippen LogP contribution is -2.31. The van der Waals surface area contributed by atoms with Crippen molar-refractivity contribution in [2.45, 2.75) is 20.0 Å². The first-order chi connectivity index (χ1) is 5.65. The molecule has 0 bridgehead atoms. The van der Waals surface area contributed by atoms with Crippen LogP contribution in [0.4, 0.5) is 13.2 Å². The average Bonchev–Trinajstić information content (AvgIpc) is 1.82. The molecule has 0 unspecified atom stereocenters. The van der Waals surface area contributed by atoms with Crippen LogP contribution in [0.1, 0.15) is 13.8 Å². The maximum absolute atomic E-state index is 11.6. The van der Waals surface area contributed by atoms with E-state index < -0.39 is 30.8 Å². The third-order valence-electron chi connectivity index (χ3n) is 1.31. The van der Waals surface area contributed by atoms with Gasteiger partial charge in [-0.25, -0.2) is 0 Å². The van der Waals surface area contributed by atoms with Gasteiger partial charge in [-0.15, -0.1) is 0 Å². The van der Waals surface area contributed by atoms with Crippen LogP contribution in [-0.2, 0) is 9.53 Å². The lowest BCUT2D eigenvalue weighted by atomic mass is 9.95. The van der Waals surface area contributed by atoms with Gasteiger partial charge in [0, 0.05) is 0 Å². The molecule has 0 aliphatic heterocycles. The number of hydrogen-bond acceptors (Lipinski definition) is 2. The van der Waals surface area contributed by atoms with Crippen molar-refractivity contribution < 1.29 is 27.8 Å². The first-order valence-corrected chi connectivity index (χ1v) is 3.53. The first kappa shape index (κ1) is 12.2. The zero-order valence-corrected chi connectivity index (χ0v) is 7.31. The molecule has 0 saturated carbocycles. The van der Waals surface area contributed by atoms with Gasteiger partial charge in [-0.1, -0.05) is 0 Å². The van der Waals surface area contributed by atoms with Gasteiger partial charge in [0.05, 0.1) is 12.0 Å². The van der Waals surface area contributed by atoms with Crippen LogP contribution in [0, 0.1) is 5.41 Å². The van der Waals surface area contributed by atoms with Crippen molar-refractivity contribution in [3.05, 3.63) is 0 Å². The highest BCUT2D eigenvalue weighted by molar-refractivity contribution is 5.73. The standard InChI is InChI=1S/C7H11F3O3/c1-6(2,5(11)12)3-13-4-7(8,9)10/h3-4H2,1-2H3,(H,11,12). The second-order valence-corrected chi connectivity index (χ2v) is 3.30. The quantitative estimate of drug-likeness (QED) is 0.750. The van der Waals surface area contributed by atoms with Gasteiger partial charge < -0.3 is 9.84 Å². The zero-order valence-electron chi connectivity index (χ0n) is 7.31. The number of carboxylic acid groups (broad SMARTS) is 1. The van der Waals surface area contributed by atoms with Crippen LogP contribution in [-0.4, -0.2) is 30.5 Å². The first-order valence-electron chi connectivity index (χ1n) is 3.53. The Bertz CT molecular complexity index is 186. The van der Waals surface area contributed by atoms with Crippen molar-refractivity contribution in [2.24, 2.45) is 5.41 Å². The van der Waals surface area contributed by atoms with Crippen LogP contribution in [0.25, 0.3) is 0 Å². The molecular weight excluding hydrogens is 189 g/mol. The van der Waals surface area contributed by atoms with Crippen LogP contribution in [0.5, 0.6) is 0 Å². The van der Waals surface area contributed by atoms with Gasteiger partial charge in [-0.3, -0.25) is 4.79 Å². The SMILES string of the molecule is CC(C)(COCC(F)(F)F)C(=O)O. The van der Waals surface area contributed by atoms with Crippen molar-refractivity contribution in [1.29, 1.82) is 0 Å². The fourth-order valence-corrected chi connectivity index (χ4v) is 0.484. The summed E-state index contributed by atoms with van der Waals surface area (Å²) in [6.45, 7) is 0.725. The third-order valence-corrected chi connectivity index (χ3v) is 1.31. The average molecular weight is 200 g/mol. The molecule has 0 radical (unpaired) electrons. The van der Waals surface area contributed by atoms with Crippen LogP contribution in [0.15, 0.2) is 0 Å². The van der Waals surface area contributed by atoms with Crippen molar-refractivity contribution >= 4 is 5.97 Å². The molecule has 0 fully saturated rings. The summed E-state index contributed by atoms with van der Waals surface area (Å²) >= 11 is 0. The summed E-state index contributed by atoms with van der Waals surface area (Å²) in [7, 11) is 0. The number of halogens is 3. The summed E-state index contributed by atoms with van der Waals surface area (Å²) in [5.41, 5.74) is -1.29. The van der Waals surface area contributed by atoms with E-state index >= 15 is 0 Å². The second-order valence-electron chi connectivity index (χ2n) is 3.30. The Kier molecular flexibility index (Phi) is 3.71. The number of carboxylic acids is 1. The van der Waals surface area contributed by atoms with E-state index in [0.717, 1.165) is 0 Å². The Morgan fingerprint density at radius 1 is 1.31 bits per heavy atom. The van der Waals surface area contributed by atoms with Gasteiger partial charge in [0.1, 0.15) is 6.61 Å². The molecule has 0 atom stereocenters. The Labute approximate surface area is 73.5 Å². The molecule has 1 N–H and O–H groups in total. The highest BCUT2D eigenvalue weighted by atomic mass is 19.4. The maximum atomic E-state index is 11.6. The largest absolute Gasteiger partial charge is 0.481 e. The summed E-state index contributed by atoms with van der Waals surface area (Å²) in [5, 5.41) is 8.51. The van der Waals surface area contributed by atoms with Crippen LogP contribution >= 0.6 is 0 Å². The molecule has 0 aliphatic carbocycles. The molecule has 3 nitrogen and oxygen atoms in total.